The van der Waals surface area contributed by atoms with Gasteiger partial charge in [0.2, 0.25) is 0 Å². The Kier molecular flexibility index (Phi) is 8.64. The van der Waals surface area contributed by atoms with Gasteiger partial charge in [0.25, 0.3) is 0 Å². The van der Waals surface area contributed by atoms with E-state index in [1.54, 1.807) is 36.6 Å². The molecule has 2 aromatic heterocycles. The number of aliphatic hydroxyl groups excluding tert-OH is 1. The summed E-state index contributed by atoms with van der Waals surface area (Å²) < 4.78 is 22.3. The maximum absolute atomic E-state index is 15.7. The minimum Gasteiger partial charge on any atom is -0.497 e. The summed E-state index contributed by atoms with van der Waals surface area (Å²) in [5.74, 6) is 0.700. The van der Waals surface area contributed by atoms with Gasteiger partial charge in [-0.25, -0.2) is 4.39 Å². The summed E-state index contributed by atoms with van der Waals surface area (Å²) in [6.07, 6.45) is 1.43. The van der Waals surface area contributed by atoms with Crippen LogP contribution in [0.5, 0.6) is 5.75 Å². The van der Waals surface area contributed by atoms with Gasteiger partial charge in [0.15, 0.2) is 0 Å². The quantitative estimate of drug-likeness (QED) is 0.322. The number of alkyl halides is 1. The molecular weight excluding hydrogens is 487 g/mol. The van der Waals surface area contributed by atoms with Crippen LogP contribution in [0.1, 0.15) is 43.0 Å². The number of ether oxygens (including phenoxy) is 1. The maximum atomic E-state index is 15.7. The predicted octanol–water partition coefficient (Wildman–Crippen LogP) is 5.55. The third kappa shape index (κ3) is 5.97. The van der Waals surface area contributed by atoms with Crippen molar-refractivity contribution in [3.63, 3.8) is 0 Å². The van der Waals surface area contributed by atoms with Gasteiger partial charge in [-0.1, -0.05) is 6.07 Å². The van der Waals surface area contributed by atoms with Crippen LogP contribution in [-0.2, 0) is 11.4 Å². The van der Waals surface area contributed by atoms with E-state index in [1.165, 1.54) is 10.4 Å². The lowest BCUT2D eigenvalue weighted by Crippen LogP contribution is -2.45. The molecule has 4 rings (SSSR count). The molecule has 0 saturated carbocycles. The summed E-state index contributed by atoms with van der Waals surface area (Å²) in [5.41, 5.74) is 0.477. The number of aromatic nitrogens is 1. The number of likely N-dealkylation sites (tertiary alicyclic amines) is 1. The molecule has 1 aromatic carbocycles. The van der Waals surface area contributed by atoms with Crippen molar-refractivity contribution >= 4 is 40.0 Å². The van der Waals surface area contributed by atoms with E-state index in [9.17, 15) is 15.0 Å². The number of rotatable bonds is 11. The molecule has 1 aliphatic rings. The standard InChI is InChI=1S/C26H31FN2O4S2/c1-33-19-4-5-22-20(15-19)24(18(17-30)16-28-22)21(27)6-7-26(25(31)32)8-10-29(11-9-26)12-14-35-23-3-2-13-34-23/h2-5,13,15-16,21,30H,6-12,14,17H2,1H3,(H,31,32). The van der Waals surface area contributed by atoms with Gasteiger partial charge in [0, 0.05) is 35.0 Å². The Balaban J connectivity index is 1.42. The van der Waals surface area contributed by atoms with Crippen LogP contribution in [0.25, 0.3) is 10.9 Å². The summed E-state index contributed by atoms with van der Waals surface area (Å²) >= 11 is 3.55. The highest BCUT2D eigenvalue weighted by Crippen LogP contribution is 2.41. The molecule has 1 saturated heterocycles. The Bertz CT molecular complexity index is 1130. The molecule has 9 heteroatoms. The van der Waals surface area contributed by atoms with E-state index in [4.69, 9.17) is 4.74 Å². The largest absolute Gasteiger partial charge is 0.497 e. The second-order valence-corrected chi connectivity index (χ2v) is 11.3. The normalized spacial score (nSPS) is 16.9. The van der Waals surface area contributed by atoms with Crippen molar-refractivity contribution in [3.05, 3.63) is 53.0 Å². The fourth-order valence-electron chi connectivity index (χ4n) is 4.80. The van der Waals surface area contributed by atoms with Gasteiger partial charge in [-0.2, -0.15) is 0 Å². The molecule has 0 spiro atoms. The Morgan fingerprint density at radius 3 is 2.80 bits per heavy atom. The van der Waals surface area contributed by atoms with E-state index >= 15 is 4.39 Å². The van der Waals surface area contributed by atoms with Gasteiger partial charge in [-0.15, -0.1) is 23.1 Å². The van der Waals surface area contributed by atoms with E-state index in [1.807, 2.05) is 17.8 Å². The van der Waals surface area contributed by atoms with Crippen LogP contribution in [0.3, 0.4) is 0 Å². The first kappa shape index (κ1) is 25.9. The summed E-state index contributed by atoms with van der Waals surface area (Å²) in [7, 11) is 1.54. The van der Waals surface area contributed by atoms with E-state index in [0.29, 0.717) is 53.7 Å². The molecule has 35 heavy (non-hydrogen) atoms. The van der Waals surface area contributed by atoms with E-state index in [-0.39, 0.29) is 19.4 Å². The first-order valence-electron chi connectivity index (χ1n) is 11.8. The van der Waals surface area contributed by atoms with Crippen molar-refractivity contribution in [2.45, 2.75) is 42.7 Å². The minimum atomic E-state index is -1.41. The highest BCUT2D eigenvalue weighted by molar-refractivity contribution is 8.01. The second-order valence-electron chi connectivity index (χ2n) is 8.95. The molecule has 0 aliphatic carbocycles. The number of thioether (sulfide) groups is 1. The molecule has 0 bridgehead atoms. The number of benzene rings is 1. The van der Waals surface area contributed by atoms with Gasteiger partial charge in [0.1, 0.15) is 11.9 Å². The molecule has 2 N–H and O–H groups in total. The number of thiophene rings is 1. The zero-order chi connectivity index (χ0) is 24.8. The number of carboxylic acid groups (broad SMARTS) is 1. The van der Waals surface area contributed by atoms with Crippen molar-refractivity contribution in [1.82, 2.24) is 9.88 Å². The van der Waals surface area contributed by atoms with Crippen molar-refractivity contribution in [2.24, 2.45) is 5.41 Å². The average molecular weight is 519 g/mol. The third-order valence-corrected chi connectivity index (χ3v) is 9.08. The van der Waals surface area contributed by atoms with Gasteiger partial charge in [0.05, 0.1) is 28.9 Å². The van der Waals surface area contributed by atoms with Crippen LogP contribution in [0.15, 0.2) is 46.1 Å². The predicted molar refractivity (Wildman–Crippen MR) is 138 cm³/mol. The number of hydrogen-bond acceptors (Lipinski definition) is 7. The molecule has 1 aliphatic heterocycles. The summed E-state index contributed by atoms with van der Waals surface area (Å²) in [4.78, 5) is 18.9. The van der Waals surface area contributed by atoms with Crippen LogP contribution in [0, 0.1) is 5.41 Å². The maximum Gasteiger partial charge on any atom is 0.309 e. The fraction of sp³-hybridized carbons (Fsp3) is 0.462. The molecule has 3 heterocycles. The monoisotopic (exact) mass is 518 g/mol. The van der Waals surface area contributed by atoms with E-state index < -0.39 is 17.6 Å². The molecular formula is C26H31FN2O4S2. The van der Waals surface area contributed by atoms with Crippen LogP contribution in [0.2, 0.25) is 0 Å². The van der Waals surface area contributed by atoms with E-state index in [2.05, 4.69) is 21.3 Å². The number of carbonyl (C=O) groups is 1. The lowest BCUT2D eigenvalue weighted by Gasteiger charge is -2.39. The van der Waals surface area contributed by atoms with Crippen molar-refractivity contribution < 1.29 is 24.1 Å². The topological polar surface area (TPSA) is 82.9 Å². The first-order chi connectivity index (χ1) is 17.0. The molecule has 188 valence electrons. The number of fused-ring (bicyclic) bond motifs is 1. The molecule has 3 aromatic rings. The minimum absolute atomic E-state index is 0.0733. The summed E-state index contributed by atoms with van der Waals surface area (Å²) in [6.45, 7) is 1.98. The third-order valence-electron chi connectivity index (χ3n) is 6.97. The van der Waals surface area contributed by atoms with Crippen molar-refractivity contribution in [1.29, 1.82) is 0 Å². The van der Waals surface area contributed by atoms with Crippen LogP contribution in [0.4, 0.5) is 4.39 Å². The Morgan fingerprint density at radius 2 is 2.14 bits per heavy atom. The molecule has 1 fully saturated rings. The number of nitrogens with zero attached hydrogens (tertiary/aromatic N) is 2. The summed E-state index contributed by atoms with van der Waals surface area (Å²) in [6, 6.07) is 9.40. The smallest absolute Gasteiger partial charge is 0.309 e. The zero-order valence-corrected chi connectivity index (χ0v) is 21.4. The van der Waals surface area contributed by atoms with Gasteiger partial charge < -0.3 is 19.8 Å². The average Bonchev–Trinajstić information content (AvgIpc) is 3.40. The molecule has 6 nitrogen and oxygen atoms in total. The first-order valence-corrected chi connectivity index (χ1v) is 13.6. The Hall–Kier alpha value is -2.20. The number of aliphatic carboxylic acids is 1. The highest BCUT2D eigenvalue weighted by Gasteiger charge is 2.41. The Morgan fingerprint density at radius 1 is 1.34 bits per heavy atom. The second kappa shape index (κ2) is 11.7. The fourth-order valence-corrected chi connectivity index (χ4v) is 6.66. The van der Waals surface area contributed by atoms with Crippen LogP contribution in [-0.4, -0.2) is 58.6 Å². The van der Waals surface area contributed by atoms with Gasteiger partial charge in [-0.3, -0.25) is 9.78 Å². The highest BCUT2D eigenvalue weighted by atomic mass is 32.2. The molecule has 1 atom stereocenters. The van der Waals surface area contributed by atoms with Crippen LogP contribution < -0.4 is 4.74 Å². The molecule has 0 amide bonds. The van der Waals surface area contributed by atoms with Gasteiger partial charge >= 0.3 is 5.97 Å². The zero-order valence-electron chi connectivity index (χ0n) is 19.8. The van der Waals surface area contributed by atoms with Crippen LogP contribution >= 0.6 is 23.1 Å². The summed E-state index contributed by atoms with van der Waals surface area (Å²) in [5, 5.41) is 22.6. The number of methoxy groups -OCH3 is 1. The SMILES string of the molecule is COc1ccc2ncc(CO)c(C(F)CCC3(C(=O)O)CCN(CCSc4cccs4)CC3)c2c1. The Labute approximate surface area is 213 Å². The number of aliphatic hydroxyl groups is 1. The lowest BCUT2D eigenvalue weighted by atomic mass is 9.74. The number of piperidine rings is 1. The van der Waals surface area contributed by atoms with Crippen molar-refractivity contribution in [2.75, 3.05) is 32.5 Å². The number of hydrogen-bond donors (Lipinski definition) is 2. The number of carboxylic acids is 1. The number of pyridine rings is 1. The van der Waals surface area contributed by atoms with Crippen molar-refractivity contribution in [3.8, 4) is 5.75 Å². The number of halogens is 1. The van der Waals surface area contributed by atoms with E-state index in [0.717, 1.165) is 12.3 Å². The van der Waals surface area contributed by atoms with Gasteiger partial charge in [-0.05, 0) is 68.4 Å². The lowest BCUT2D eigenvalue weighted by molar-refractivity contribution is -0.153. The molecule has 0 radical (unpaired) electrons. The molecule has 1 unspecified atom stereocenters.